The third kappa shape index (κ3) is 2.30. The number of carbonyl (C=O) groups is 1. The van der Waals surface area contributed by atoms with E-state index in [-0.39, 0.29) is 16.9 Å². The molecule has 0 atom stereocenters. The van der Waals surface area contributed by atoms with Crippen LogP contribution in [0.3, 0.4) is 0 Å². The Morgan fingerprint density at radius 1 is 1.20 bits per heavy atom. The van der Waals surface area contributed by atoms with E-state index >= 15 is 0 Å². The zero-order chi connectivity index (χ0) is 14.9. The van der Waals surface area contributed by atoms with E-state index in [9.17, 15) is 19.3 Å². The van der Waals surface area contributed by atoms with Crippen LogP contribution in [-0.2, 0) is 0 Å². The Morgan fingerprint density at radius 3 is 2.35 bits per heavy atom. The molecule has 2 aromatic carbocycles. The minimum atomic E-state index is -0.922. The number of carbonyl (C=O) groups excluding carboxylic acids is 1. The second kappa shape index (κ2) is 5.21. The SMILES string of the molecule is Cc1cc(F)c([N+](=O)[O-])c(C)c1C(=O)c1ccccc1. The maximum absolute atomic E-state index is 13.7. The number of ketones is 1. The highest BCUT2D eigenvalue weighted by molar-refractivity contribution is 6.11. The van der Waals surface area contributed by atoms with Crippen molar-refractivity contribution in [1.29, 1.82) is 0 Å². The third-order valence-corrected chi connectivity index (χ3v) is 3.14. The molecule has 2 rings (SSSR count). The van der Waals surface area contributed by atoms with Gasteiger partial charge in [-0.1, -0.05) is 30.3 Å². The molecule has 0 fully saturated rings. The minimum Gasteiger partial charge on any atom is -0.289 e. The summed E-state index contributed by atoms with van der Waals surface area (Å²) in [5.74, 6) is -1.27. The summed E-state index contributed by atoms with van der Waals surface area (Å²) in [4.78, 5) is 22.5. The molecular formula is C15H12FNO3. The van der Waals surface area contributed by atoms with Crippen molar-refractivity contribution in [1.82, 2.24) is 0 Å². The largest absolute Gasteiger partial charge is 0.308 e. The van der Waals surface area contributed by atoms with E-state index in [1.165, 1.54) is 6.92 Å². The molecular weight excluding hydrogens is 261 g/mol. The van der Waals surface area contributed by atoms with Crippen LogP contribution >= 0.6 is 0 Å². The van der Waals surface area contributed by atoms with Gasteiger partial charge < -0.3 is 0 Å². The Hall–Kier alpha value is -2.56. The first-order valence-corrected chi connectivity index (χ1v) is 5.97. The number of nitro groups is 1. The summed E-state index contributed by atoms with van der Waals surface area (Å²) in [6, 6.07) is 9.45. The molecule has 2 aromatic rings. The van der Waals surface area contributed by atoms with Crippen molar-refractivity contribution >= 4 is 11.5 Å². The molecule has 0 unspecified atom stereocenters. The molecule has 0 aromatic heterocycles. The highest BCUT2D eigenvalue weighted by atomic mass is 19.1. The van der Waals surface area contributed by atoms with Gasteiger partial charge in [0.25, 0.3) is 0 Å². The first-order chi connectivity index (χ1) is 9.43. The van der Waals surface area contributed by atoms with Gasteiger partial charge in [0.1, 0.15) is 0 Å². The van der Waals surface area contributed by atoms with Gasteiger partial charge >= 0.3 is 5.69 Å². The molecule has 0 radical (unpaired) electrons. The Balaban J connectivity index is 2.66. The van der Waals surface area contributed by atoms with E-state index in [0.717, 1.165) is 6.07 Å². The number of benzene rings is 2. The summed E-state index contributed by atoms with van der Waals surface area (Å²) in [5.41, 5.74) is 0.402. The van der Waals surface area contributed by atoms with E-state index in [1.54, 1.807) is 37.3 Å². The fraction of sp³-hybridized carbons (Fsp3) is 0.133. The minimum absolute atomic E-state index is 0.0568. The lowest BCUT2D eigenvalue weighted by Crippen LogP contribution is -2.09. The van der Waals surface area contributed by atoms with Crippen molar-refractivity contribution < 1.29 is 14.1 Å². The van der Waals surface area contributed by atoms with Gasteiger partial charge in [-0.15, -0.1) is 0 Å². The molecule has 0 heterocycles. The summed E-state index contributed by atoms with van der Waals surface area (Å²) in [7, 11) is 0. The fourth-order valence-electron chi connectivity index (χ4n) is 2.23. The lowest BCUT2D eigenvalue weighted by atomic mass is 9.93. The van der Waals surface area contributed by atoms with Crippen LogP contribution in [0.4, 0.5) is 10.1 Å². The number of rotatable bonds is 3. The van der Waals surface area contributed by atoms with Gasteiger partial charge in [-0.2, -0.15) is 4.39 Å². The second-order valence-corrected chi connectivity index (χ2v) is 4.48. The normalized spacial score (nSPS) is 10.3. The fourth-order valence-corrected chi connectivity index (χ4v) is 2.23. The van der Waals surface area contributed by atoms with Gasteiger partial charge in [0.05, 0.1) is 4.92 Å². The van der Waals surface area contributed by atoms with Crippen LogP contribution in [0.25, 0.3) is 0 Å². The molecule has 4 nitrogen and oxygen atoms in total. The summed E-state index contributed by atoms with van der Waals surface area (Å²) in [6.07, 6.45) is 0. The van der Waals surface area contributed by atoms with E-state index in [2.05, 4.69) is 0 Å². The number of halogens is 1. The van der Waals surface area contributed by atoms with Crippen LogP contribution in [0.1, 0.15) is 27.0 Å². The molecule has 0 saturated carbocycles. The second-order valence-electron chi connectivity index (χ2n) is 4.48. The zero-order valence-corrected chi connectivity index (χ0v) is 11.0. The molecule has 0 spiro atoms. The monoisotopic (exact) mass is 273 g/mol. The van der Waals surface area contributed by atoms with Crippen LogP contribution in [0, 0.1) is 29.8 Å². The highest BCUT2D eigenvalue weighted by Crippen LogP contribution is 2.29. The quantitative estimate of drug-likeness (QED) is 0.488. The molecule has 5 heteroatoms. The maximum atomic E-state index is 13.7. The topological polar surface area (TPSA) is 60.2 Å². The number of hydrogen-bond acceptors (Lipinski definition) is 3. The van der Waals surface area contributed by atoms with E-state index in [1.807, 2.05) is 0 Å². The standard InChI is InChI=1S/C15H12FNO3/c1-9-8-12(16)14(17(19)20)10(2)13(9)15(18)11-6-4-3-5-7-11/h3-8H,1-2H3. The Kier molecular flexibility index (Phi) is 3.61. The smallest absolute Gasteiger partial charge is 0.289 e. The van der Waals surface area contributed by atoms with Gasteiger partial charge in [0.15, 0.2) is 5.78 Å². The summed E-state index contributed by atoms with van der Waals surface area (Å²) < 4.78 is 13.7. The van der Waals surface area contributed by atoms with E-state index < -0.39 is 16.4 Å². The van der Waals surface area contributed by atoms with Crippen molar-refractivity contribution in [3.63, 3.8) is 0 Å². The summed E-state index contributed by atoms with van der Waals surface area (Å²) in [6.45, 7) is 2.96. The van der Waals surface area contributed by atoms with E-state index in [0.29, 0.717) is 11.1 Å². The van der Waals surface area contributed by atoms with Gasteiger partial charge in [-0.05, 0) is 25.5 Å². The predicted octanol–water partition coefficient (Wildman–Crippen LogP) is 3.58. The molecule has 0 aliphatic carbocycles. The Bertz CT molecular complexity index is 696. The molecule has 0 N–H and O–H groups in total. The van der Waals surface area contributed by atoms with Crippen molar-refractivity contribution in [3.8, 4) is 0 Å². The summed E-state index contributed by atoms with van der Waals surface area (Å²) >= 11 is 0. The van der Waals surface area contributed by atoms with Crippen molar-refractivity contribution in [2.75, 3.05) is 0 Å². The lowest BCUT2D eigenvalue weighted by molar-refractivity contribution is -0.388. The maximum Gasteiger partial charge on any atom is 0.308 e. The van der Waals surface area contributed by atoms with Crippen molar-refractivity contribution in [3.05, 3.63) is 74.6 Å². The highest BCUT2D eigenvalue weighted by Gasteiger charge is 2.26. The molecule has 102 valence electrons. The number of nitro benzene ring substituents is 1. The Morgan fingerprint density at radius 2 is 1.80 bits per heavy atom. The van der Waals surface area contributed by atoms with Crippen LogP contribution in [0.5, 0.6) is 0 Å². The van der Waals surface area contributed by atoms with Crippen LogP contribution in [0.15, 0.2) is 36.4 Å². The zero-order valence-electron chi connectivity index (χ0n) is 11.0. The van der Waals surface area contributed by atoms with Crippen LogP contribution in [-0.4, -0.2) is 10.7 Å². The molecule has 0 bridgehead atoms. The van der Waals surface area contributed by atoms with Crippen molar-refractivity contribution in [2.45, 2.75) is 13.8 Å². The third-order valence-electron chi connectivity index (χ3n) is 3.14. The number of hydrogen-bond donors (Lipinski definition) is 0. The molecule has 0 aliphatic heterocycles. The number of aryl methyl sites for hydroxylation is 1. The van der Waals surface area contributed by atoms with Gasteiger partial charge in [0, 0.05) is 16.7 Å². The van der Waals surface area contributed by atoms with Crippen LogP contribution in [0.2, 0.25) is 0 Å². The first kappa shape index (κ1) is 13.9. The van der Waals surface area contributed by atoms with Crippen LogP contribution < -0.4 is 0 Å². The first-order valence-electron chi connectivity index (χ1n) is 5.97. The number of nitrogens with zero attached hydrogens (tertiary/aromatic N) is 1. The average molecular weight is 273 g/mol. The van der Waals surface area contributed by atoms with Gasteiger partial charge in [-0.3, -0.25) is 14.9 Å². The molecule has 20 heavy (non-hydrogen) atoms. The molecule has 0 aliphatic rings. The molecule has 0 saturated heterocycles. The predicted molar refractivity (Wildman–Crippen MR) is 72.4 cm³/mol. The Labute approximate surface area is 115 Å². The average Bonchev–Trinajstić information content (AvgIpc) is 2.38. The van der Waals surface area contributed by atoms with Crippen molar-refractivity contribution in [2.24, 2.45) is 0 Å². The van der Waals surface area contributed by atoms with Gasteiger partial charge in [-0.25, -0.2) is 0 Å². The molecule has 0 amide bonds. The summed E-state index contributed by atoms with van der Waals surface area (Å²) in [5, 5.41) is 10.9. The van der Waals surface area contributed by atoms with E-state index in [4.69, 9.17) is 0 Å². The lowest BCUT2D eigenvalue weighted by Gasteiger charge is -2.10. The van der Waals surface area contributed by atoms with Gasteiger partial charge in [0.2, 0.25) is 5.82 Å².